The summed E-state index contributed by atoms with van der Waals surface area (Å²) in [7, 11) is 0. The first kappa shape index (κ1) is 12.2. The molecule has 0 saturated heterocycles. The Morgan fingerprint density at radius 2 is 2.18 bits per heavy atom. The molecule has 2 aromatic rings. The third-order valence-electron chi connectivity index (χ3n) is 2.46. The summed E-state index contributed by atoms with van der Waals surface area (Å²) in [5.41, 5.74) is 1.20. The highest BCUT2D eigenvalue weighted by molar-refractivity contribution is 9.11. The van der Waals surface area contributed by atoms with Crippen LogP contribution in [0.1, 0.15) is 13.8 Å². The molecule has 0 amide bonds. The van der Waals surface area contributed by atoms with Crippen molar-refractivity contribution in [3.8, 4) is 5.75 Å². The highest BCUT2D eigenvalue weighted by Crippen LogP contribution is 2.23. The Morgan fingerprint density at radius 1 is 1.41 bits per heavy atom. The van der Waals surface area contributed by atoms with Crippen LogP contribution in [-0.2, 0) is 6.54 Å². The van der Waals surface area contributed by atoms with Gasteiger partial charge in [-0.1, -0.05) is 22.5 Å². The van der Waals surface area contributed by atoms with E-state index in [0.29, 0.717) is 0 Å². The molecular weight excluding hydrogens is 278 g/mol. The van der Waals surface area contributed by atoms with Crippen LogP contribution in [0.15, 0.2) is 41.5 Å². The molecule has 0 bridgehead atoms. The van der Waals surface area contributed by atoms with Gasteiger partial charge in [-0.25, -0.2) is 0 Å². The molecule has 90 valence electrons. The number of aromatic nitrogens is 1. The van der Waals surface area contributed by atoms with E-state index < -0.39 is 0 Å². The zero-order valence-electron chi connectivity index (χ0n) is 10.1. The molecule has 0 fully saturated rings. The van der Waals surface area contributed by atoms with Crippen LogP contribution in [0, 0.1) is 0 Å². The van der Waals surface area contributed by atoms with Crippen LogP contribution in [0.4, 0.5) is 0 Å². The van der Waals surface area contributed by atoms with Gasteiger partial charge < -0.3 is 9.30 Å². The lowest BCUT2D eigenvalue weighted by Crippen LogP contribution is -2.05. The molecule has 0 unspecified atom stereocenters. The van der Waals surface area contributed by atoms with Crippen molar-refractivity contribution in [2.24, 2.45) is 0 Å². The maximum absolute atomic E-state index is 5.68. The summed E-state index contributed by atoms with van der Waals surface area (Å²) in [5.74, 6) is 0.919. The van der Waals surface area contributed by atoms with Crippen molar-refractivity contribution in [1.82, 2.24) is 4.57 Å². The number of rotatable bonds is 4. The van der Waals surface area contributed by atoms with Crippen LogP contribution in [0.5, 0.6) is 5.75 Å². The molecule has 0 radical (unpaired) electrons. The molecule has 2 nitrogen and oxygen atoms in total. The van der Waals surface area contributed by atoms with Gasteiger partial charge in [0.1, 0.15) is 5.75 Å². The number of benzene rings is 1. The predicted molar refractivity (Wildman–Crippen MR) is 75.8 cm³/mol. The maximum atomic E-state index is 5.68. The second kappa shape index (κ2) is 4.96. The van der Waals surface area contributed by atoms with Gasteiger partial charge in [-0.2, -0.15) is 0 Å². The molecular formula is C14H16BrNO. The molecule has 3 heteroatoms. The van der Waals surface area contributed by atoms with E-state index in [9.17, 15) is 0 Å². The summed E-state index contributed by atoms with van der Waals surface area (Å²) in [6, 6.07) is 8.26. The Labute approximate surface area is 110 Å². The van der Waals surface area contributed by atoms with Crippen molar-refractivity contribution in [1.29, 1.82) is 0 Å². The van der Waals surface area contributed by atoms with Crippen molar-refractivity contribution in [3.05, 3.63) is 41.5 Å². The quantitative estimate of drug-likeness (QED) is 0.818. The van der Waals surface area contributed by atoms with Gasteiger partial charge >= 0.3 is 0 Å². The van der Waals surface area contributed by atoms with Crippen LogP contribution in [-0.4, -0.2) is 10.7 Å². The first-order chi connectivity index (χ1) is 8.06. The lowest BCUT2D eigenvalue weighted by Gasteiger charge is -2.10. The topological polar surface area (TPSA) is 14.2 Å². The van der Waals surface area contributed by atoms with Gasteiger partial charge in [0.25, 0.3) is 0 Å². The lowest BCUT2D eigenvalue weighted by atomic mass is 10.2. The SMILES string of the molecule is C=C(Br)Cn1ccc2cc(OC(C)C)ccc21. The minimum atomic E-state index is 0.205. The van der Waals surface area contributed by atoms with Gasteiger partial charge in [-0.15, -0.1) is 0 Å². The summed E-state index contributed by atoms with van der Waals surface area (Å²) in [5, 5.41) is 1.19. The summed E-state index contributed by atoms with van der Waals surface area (Å²) in [6.07, 6.45) is 2.27. The zero-order chi connectivity index (χ0) is 12.4. The number of hydrogen-bond donors (Lipinski definition) is 0. The number of fused-ring (bicyclic) bond motifs is 1. The Bertz CT molecular complexity index is 542. The molecule has 0 spiro atoms. The number of ether oxygens (including phenoxy) is 1. The smallest absolute Gasteiger partial charge is 0.120 e. The Morgan fingerprint density at radius 3 is 2.82 bits per heavy atom. The highest BCUT2D eigenvalue weighted by Gasteiger charge is 2.04. The molecule has 1 aromatic heterocycles. The molecule has 0 aliphatic carbocycles. The highest BCUT2D eigenvalue weighted by atomic mass is 79.9. The largest absolute Gasteiger partial charge is 0.491 e. The van der Waals surface area contributed by atoms with Crippen LogP contribution >= 0.6 is 15.9 Å². The second-order valence-electron chi connectivity index (χ2n) is 4.35. The van der Waals surface area contributed by atoms with Gasteiger partial charge in [-0.05, 0) is 38.1 Å². The Balaban J connectivity index is 2.34. The molecule has 0 N–H and O–H groups in total. The summed E-state index contributed by atoms with van der Waals surface area (Å²) in [6.45, 7) is 8.71. The van der Waals surface area contributed by atoms with E-state index in [-0.39, 0.29) is 6.10 Å². The van der Waals surface area contributed by atoms with E-state index in [1.165, 1.54) is 10.9 Å². The average Bonchev–Trinajstić information content (AvgIpc) is 2.59. The van der Waals surface area contributed by atoms with Gasteiger partial charge in [0.2, 0.25) is 0 Å². The van der Waals surface area contributed by atoms with Gasteiger partial charge in [0.05, 0.1) is 12.6 Å². The monoisotopic (exact) mass is 293 g/mol. The third-order valence-corrected chi connectivity index (χ3v) is 2.71. The Hall–Kier alpha value is -1.22. The van der Waals surface area contributed by atoms with Crippen molar-refractivity contribution < 1.29 is 4.74 Å². The van der Waals surface area contributed by atoms with E-state index >= 15 is 0 Å². The predicted octanol–water partition coefficient (Wildman–Crippen LogP) is 4.34. The normalized spacial score (nSPS) is 11.1. The molecule has 1 aromatic carbocycles. The van der Waals surface area contributed by atoms with E-state index in [2.05, 4.69) is 51.5 Å². The first-order valence-corrected chi connectivity index (χ1v) is 6.44. The summed E-state index contributed by atoms with van der Waals surface area (Å²) < 4.78 is 8.80. The standard InChI is InChI=1S/C14H16BrNO/c1-10(2)17-13-4-5-14-12(8-13)6-7-16(14)9-11(3)15/h4-8,10H,3,9H2,1-2H3. The average molecular weight is 294 g/mol. The number of halogens is 1. The van der Waals surface area contributed by atoms with E-state index in [0.717, 1.165) is 16.8 Å². The molecule has 2 rings (SSSR count). The van der Waals surface area contributed by atoms with Crippen molar-refractivity contribution in [2.75, 3.05) is 0 Å². The Kier molecular flexibility index (Phi) is 3.57. The van der Waals surface area contributed by atoms with E-state index in [1.807, 2.05) is 19.9 Å². The second-order valence-corrected chi connectivity index (χ2v) is 5.47. The fourth-order valence-corrected chi connectivity index (χ4v) is 2.12. The van der Waals surface area contributed by atoms with Crippen molar-refractivity contribution >= 4 is 26.8 Å². The number of allylic oxidation sites excluding steroid dienone is 1. The maximum Gasteiger partial charge on any atom is 0.120 e. The molecule has 0 saturated carbocycles. The fourth-order valence-electron chi connectivity index (χ4n) is 1.85. The first-order valence-electron chi connectivity index (χ1n) is 5.65. The minimum Gasteiger partial charge on any atom is -0.491 e. The molecule has 0 atom stereocenters. The molecule has 17 heavy (non-hydrogen) atoms. The van der Waals surface area contributed by atoms with Crippen LogP contribution in [0.25, 0.3) is 10.9 Å². The van der Waals surface area contributed by atoms with Gasteiger partial charge in [0.15, 0.2) is 0 Å². The van der Waals surface area contributed by atoms with Crippen LogP contribution < -0.4 is 4.74 Å². The van der Waals surface area contributed by atoms with Crippen molar-refractivity contribution in [2.45, 2.75) is 26.5 Å². The fraction of sp³-hybridized carbons (Fsp3) is 0.286. The minimum absolute atomic E-state index is 0.205. The summed E-state index contributed by atoms with van der Waals surface area (Å²) >= 11 is 3.39. The zero-order valence-corrected chi connectivity index (χ0v) is 11.7. The third kappa shape index (κ3) is 2.91. The van der Waals surface area contributed by atoms with Crippen LogP contribution in [0.3, 0.4) is 0 Å². The number of nitrogens with zero attached hydrogens (tertiary/aromatic N) is 1. The van der Waals surface area contributed by atoms with Crippen LogP contribution in [0.2, 0.25) is 0 Å². The lowest BCUT2D eigenvalue weighted by molar-refractivity contribution is 0.243. The van der Waals surface area contributed by atoms with E-state index in [1.54, 1.807) is 0 Å². The molecule has 0 aliphatic rings. The molecule has 1 heterocycles. The number of hydrogen-bond acceptors (Lipinski definition) is 1. The van der Waals surface area contributed by atoms with Gasteiger partial charge in [-0.3, -0.25) is 0 Å². The summed E-state index contributed by atoms with van der Waals surface area (Å²) in [4.78, 5) is 0. The van der Waals surface area contributed by atoms with E-state index in [4.69, 9.17) is 4.74 Å². The van der Waals surface area contributed by atoms with Crippen molar-refractivity contribution in [3.63, 3.8) is 0 Å². The molecule has 0 aliphatic heterocycles. The van der Waals surface area contributed by atoms with Gasteiger partial charge in [0, 0.05) is 21.6 Å².